The molecule has 2 aromatic rings. The van der Waals surface area contributed by atoms with Crippen LogP contribution in [0.5, 0.6) is 0 Å². The highest BCUT2D eigenvalue weighted by Gasteiger charge is 2.24. The molecule has 0 spiro atoms. The Bertz CT molecular complexity index is 1040. The second-order valence-electron chi connectivity index (χ2n) is 9.61. The minimum absolute atomic E-state index is 0.222. The van der Waals surface area contributed by atoms with Crippen molar-refractivity contribution in [3.05, 3.63) is 59.6 Å². The first-order chi connectivity index (χ1) is 16.9. The van der Waals surface area contributed by atoms with Crippen LogP contribution in [0, 0.1) is 5.92 Å². The van der Waals surface area contributed by atoms with Gasteiger partial charge in [0.25, 0.3) is 0 Å². The van der Waals surface area contributed by atoms with Crippen LogP contribution in [0.25, 0.3) is 0 Å². The molecule has 0 saturated carbocycles. The van der Waals surface area contributed by atoms with Gasteiger partial charge >= 0.3 is 5.97 Å². The number of anilines is 2. The normalized spacial score (nSPS) is 17.0. The summed E-state index contributed by atoms with van der Waals surface area (Å²) < 4.78 is 0. The van der Waals surface area contributed by atoms with E-state index >= 15 is 0 Å². The Morgan fingerprint density at radius 1 is 1.00 bits per heavy atom. The van der Waals surface area contributed by atoms with Gasteiger partial charge in [0.05, 0.1) is 11.4 Å². The van der Waals surface area contributed by atoms with E-state index < -0.39 is 5.97 Å². The molecule has 7 heteroatoms. The van der Waals surface area contributed by atoms with Crippen molar-refractivity contribution in [2.75, 3.05) is 50.7 Å². The van der Waals surface area contributed by atoms with Crippen molar-refractivity contribution in [3.63, 3.8) is 0 Å². The topological polar surface area (TPSA) is 47.0 Å². The molecule has 0 radical (unpaired) electrons. The van der Waals surface area contributed by atoms with Crippen molar-refractivity contribution in [2.45, 2.75) is 42.4 Å². The molecule has 35 heavy (non-hydrogen) atoms. The van der Waals surface area contributed by atoms with E-state index in [2.05, 4.69) is 64.6 Å². The van der Waals surface area contributed by atoms with Crippen LogP contribution in [-0.4, -0.2) is 66.7 Å². The molecule has 5 nitrogen and oxygen atoms in total. The van der Waals surface area contributed by atoms with Crippen LogP contribution in [0.4, 0.5) is 11.4 Å². The van der Waals surface area contributed by atoms with Gasteiger partial charge < -0.3 is 19.8 Å². The zero-order valence-electron chi connectivity index (χ0n) is 20.6. The zero-order valence-corrected chi connectivity index (χ0v) is 22.2. The van der Waals surface area contributed by atoms with E-state index in [9.17, 15) is 4.79 Å². The molecule has 2 aromatic carbocycles. The fourth-order valence-electron chi connectivity index (χ4n) is 4.82. The van der Waals surface area contributed by atoms with Gasteiger partial charge in [0.2, 0.25) is 0 Å². The van der Waals surface area contributed by atoms with Crippen molar-refractivity contribution in [3.8, 4) is 0 Å². The fourth-order valence-corrected chi connectivity index (χ4v) is 6.07. The summed E-state index contributed by atoms with van der Waals surface area (Å²) in [6, 6.07) is 14.8. The Balaban J connectivity index is 1.22. The van der Waals surface area contributed by atoms with Crippen molar-refractivity contribution in [2.24, 2.45) is 5.92 Å². The minimum Gasteiger partial charge on any atom is -0.481 e. The quantitative estimate of drug-likeness (QED) is 0.351. The van der Waals surface area contributed by atoms with Gasteiger partial charge in [-0.1, -0.05) is 54.6 Å². The third-order valence-corrected chi connectivity index (χ3v) is 8.51. The fraction of sp³-hybridized carbons (Fsp3) is 0.464. The number of carbonyl (C=O) groups is 1. The van der Waals surface area contributed by atoms with E-state index in [4.69, 9.17) is 16.7 Å². The van der Waals surface area contributed by atoms with Crippen molar-refractivity contribution < 1.29 is 9.90 Å². The number of hydrogen-bond acceptors (Lipinski definition) is 5. The maximum atomic E-state index is 10.8. The molecule has 0 bridgehead atoms. The number of rotatable bonds is 11. The van der Waals surface area contributed by atoms with Gasteiger partial charge in [-0.05, 0) is 62.1 Å². The summed E-state index contributed by atoms with van der Waals surface area (Å²) in [4.78, 5) is 20.9. The molecule has 0 amide bonds. The molecular weight excluding hydrogens is 478 g/mol. The number of hydrogen-bond donors (Lipinski definition) is 1. The number of carboxylic acids is 1. The summed E-state index contributed by atoms with van der Waals surface area (Å²) >= 11 is 8.17. The summed E-state index contributed by atoms with van der Waals surface area (Å²) in [5.74, 6) is -0.456. The summed E-state index contributed by atoms with van der Waals surface area (Å²) in [6.07, 6.45) is 2.95. The number of para-hydroxylation sites is 1. The average molecular weight is 514 g/mol. The maximum Gasteiger partial charge on any atom is 0.303 e. The van der Waals surface area contributed by atoms with E-state index in [-0.39, 0.29) is 12.3 Å². The van der Waals surface area contributed by atoms with Crippen LogP contribution in [0.1, 0.15) is 32.6 Å². The number of piperazine rings is 1. The number of aliphatic carboxylic acids is 1. The monoisotopic (exact) mass is 513 g/mol. The van der Waals surface area contributed by atoms with Crippen molar-refractivity contribution in [1.29, 1.82) is 0 Å². The minimum atomic E-state index is -0.725. The van der Waals surface area contributed by atoms with Crippen molar-refractivity contribution >= 4 is 40.7 Å². The average Bonchev–Trinajstić information content (AvgIpc) is 2.86. The van der Waals surface area contributed by atoms with Gasteiger partial charge in [-0.2, -0.15) is 0 Å². The molecular formula is C28H36ClN3O2S. The van der Waals surface area contributed by atoms with Crippen LogP contribution < -0.4 is 4.90 Å². The second kappa shape index (κ2) is 12.3. The van der Waals surface area contributed by atoms with E-state index in [1.807, 2.05) is 17.8 Å². The number of nitrogens with zero attached hydrogens (tertiary/aromatic N) is 3. The number of carboxylic acid groups (broad SMARTS) is 1. The van der Waals surface area contributed by atoms with Crippen molar-refractivity contribution in [1.82, 2.24) is 9.80 Å². The van der Waals surface area contributed by atoms with E-state index in [1.165, 1.54) is 26.7 Å². The molecule has 4 rings (SSSR count). The third-order valence-electron chi connectivity index (χ3n) is 7.15. The summed E-state index contributed by atoms with van der Waals surface area (Å²) in [6.45, 7) is 13.7. The van der Waals surface area contributed by atoms with E-state index in [0.29, 0.717) is 6.42 Å². The first-order valence-corrected chi connectivity index (χ1v) is 13.8. The zero-order chi connectivity index (χ0) is 24.8. The molecule has 0 aromatic heterocycles. The standard InChI is InChI=1S/C28H36ClN3O2S/c1-21(8-11-28(33)34)22(2)12-15-31-18-16-30(17-19-31)13-5-14-32-24-6-3-4-7-26(24)35-27-10-9-23(29)20-25(27)32/h3-4,6-7,9-10,20-21H,2,5,8,11-19H2,1H3,(H,33,34). The lowest BCUT2D eigenvalue weighted by molar-refractivity contribution is -0.137. The molecule has 188 valence electrons. The molecule has 2 aliphatic heterocycles. The maximum absolute atomic E-state index is 10.8. The number of benzene rings is 2. The Morgan fingerprint density at radius 3 is 2.43 bits per heavy atom. The van der Waals surface area contributed by atoms with Crippen LogP contribution in [-0.2, 0) is 4.79 Å². The number of halogens is 1. The van der Waals surface area contributed by atoms with Gasteiger partial charge in [0.1, 0.15) is 0 Å². The highest BCUT2D eigenvalue weighted by molar-refractivity contribution is 7.99. The molecule has 0 aliphatic carbocycles. The molecule has 2 heterocycles. The van der Waals surface area contributed by atoms with Gasteiger partial charge in [0, 0.05) is 60.5 Å². The van der Waals surface area contributed by atoms with Gasteiger partial charge in [0.15, 0.2) is 0 Å². The molecule has 1 atom stereocenters. The Hall–Kier alpha value is -1.99. The Labute approximate surface area is 218 Å². The molecule has 2 aliphatic rings. The van der Waals surface area contributed by atoms with Gasteiger partial charge in [-0.3, -0.25) is 4.79 Å². The van der Waals surface area contributed by atoms with Crippen LogP contribution in [0.15, 0.2) is 64.4 Å². The van der Waals surface area contributed by atoms with Gasteiger partial charge in [-0.15, -0.1) is 0 Å². The van der Waals surface area contributed by atoms with Gasteiger partial charge in [-0.25, -0.2) is 0 Å². The lowest BCUT2D eigenvalue weighted by Crippen LogP contribution is -2.47. The predicted molar refractivity (Wildman–Crippen MR) is 146 cm³/mol. The van der Waals surface area contributed by atoms with E-state index in [1.54, 1.807) is 0 Å². The van der Waals surface area contributed by atoms with Crippen LogP contribution in [0.2, 0.25) is 5.02 Å². The number of fused-ring (bicyclic) bond motifs is 2. The lowest BCUT2D eigenvalue weighted by Gasteiger charge is -2.36. The largest absolute Gasteiger partial charge is 0.481 e. The molecule has 1 fully saturated rings. The Morgan fingerprint density at radius 2 is 1.69 bits per heavy atom. The molecule has 1 unspecified atom stereocenters. The summed E-state index contributed by atoms with van der Waals surface area (Å²) in [5, 5.41) is 9.67. The lowest BCUT2D eigenvalue weighted by atomic mass is 9.95. The highest BCUT2D eigenvalue weighted by atomic mass is 35.5. The predicted octanol–water partition coefficient (Wildman–Crippen LogP) is 6.40. The first-order valence-electron chi connectivity index (χ1n) is 12.6. The highest BCUT2D eigenvalue weighted by Crippen LogP contribution is 2.48. The van der Waals surface area contributed by atoms with E-state index in [0.717, 1.165) is 63.7 Å². The second-order valence-corrected chi connectivity index (χ2v) is 11.1. The summed E-state index contributed by atoms with van der Waals surface area (Å²) in [7, 11) is 0. The smallest absolute Gasteiger partial charge is 0.303 e. The third kappa shape index (κ3) is 7.04. The Kier molecular flexibility index (Phi) is 9.17. The molecule has 1 saturated heterocycles. The van der Waals surface area contributed by atoms with Crippen LogP contribution >= 0.6 is 23.4 Å². The van der Waals surface area contributed by atoms with Crippen LogP contribution in [0.3, 0.4) is 0 Å². The first kappa shape index (κ1) is 26.1. The SMILES string of the molecule is C=C(CCN1CCN(CCCN2c3ccccc3Sc3ccc(Cl)cc32)CC1)C(C)CCC(=O)O. The molecule has 1 N–H and O–H groups in total. The summed E-state index contributed by atoms with van der Waals surface area (Å²) in [5.41, 5.74) is 3.66.